The van der Waals surface area contributed by atoms with Gasteiger partial charge in [-0.3, -0.25) is 20.2 Å². The number of nitrogens with zero attached hydrogens (tertiary/aromatic N) is 4. The average Bonchev–Trinajstić information content (AvgIpc) is 2.53. The zero-order valence-corrected chi connectivity index (χ0v) is 8.93. The molecule has 1 aromatic carbocycles. The van der Waals surface area contributed by atoms with E-state index in [0.29, 0.717) is 0 Å². The van der Waals surface area contributed by atoms with Gasteiger partial charge in [-0.1, -0.05) is 0 Å². The molecule has 94 valence electrons. The van der Waals surface area contributed by atoms with Gasteiger partial charge in [-0.25, -0.2) is 4.73 Å². The summed E-state index contributed by atoms with van der Waals surface area (Å²) < 4.78 is 0.355. The molecule has 1 N–H and O–H groups in total. The van der Waals surface area contributed by atoms with Crippen molar-refractivity contribution >= 4 is 22.4 Å². The minimum atomic E-state index is -0.847. The van der Waals surface area contributed by atoms with Gasteiger partial charge in [0.25, 0.3) is 11.3 Å². The van der Waals surface area contributed by atoms with E-state index in [4.69, 9.17) is 0 Å². The highest BCUT2D eigenvalue weighted by atomic mass is 16.6. The third-order valence-electron chi connectivity index (χ3n) is 2.52. The first-order chi connectivity index (χ1) is 8.36. The predicted molar refractivity (Wildman–Crippen MR) is 56.1 cm³/mol. The molecule has 0 atom stereocenters. The van der Waals surface area contributed by atoms with Crippen molar-refractivity contribution in [3.05, 3.63) is 43.4 Å². The van der Waals surface area contributed by atoms with Crippen LogP contribution in [0.15, 0.2) is 12.1 Å². The van der Waals surface area contributed by atoms with E-state index in [1.807, 2.05) is 0 Å². The smallest absolute Gasteiger partial charge is 0.324 e. The Labute approximate surface area is 98.1 Å². The number of rotatable bonds is 2. The second-order valence-corrected chi connectivity index (χ2v) is 3.47. The normalized spacial score (nSPS) is 10.7. The maximum atomic E-state index is 11.7. The molecular formula is C8H6N4O6. The largest absolute Gasteiger partial charge is 0.710 e. The van der Waals surface area contributed by atoms with Gasteiger partial charge in [-0.2, -0.15) is 0 Å². The van der Waals surface area contributed by atoms with E-state index in [-0.39, 0.29) is 15.3 Å². The predicted octanol–water partition coefficient (Wildman–Crippen LogP) is 0.637. The van der Waals surface area contributed by atoms with Gasteiger partial charge >= 0.3 is 16.9 Å². The van der Waals surface area contributed by atoms with Gasteiger partial charge in [0.1, 0.15) is 0 Å². The van der Waals surface area contributed by atoms with Crippen LogP contribution < -0.4 is 4.73 Å². The number of imidazole rings is 1. The number of fused-ring (bicyclic) bond motifs is 1. The lowest BCUT2D eigenvalue weighted by Crippen LogP contribution is -2.29. The average molecular weight is 254 g/mol. The van der Waals surface area contributed by atoms with Crippen LogP contribution in [-0.4, -0.2) is 19.8 Å². The highest BCUT2D eigenvalue weighted by Crippen LogP contribution is 2.31. The van der Waals surface area contributed by atoms with Crippen LogP contribution in [0.2, 0.25) is 0 Å². The Hall–Kier alpha value is -2.91. The van der Waals surface area contributed by atoms with Gasteiger partial charge in [0.05, 0.1) is 9.85 Å². The van der Waals surface area contributed by atoms with Crippen LogP contribution in [0.3, 0.4) is 0 Å². The first-order valence-corrected chi connectivity index (χ1v) is 4.62. The molecule has 10 heteroatoms. The van der Waals surface area contributed by atoms with Crippen molar-refractivity contribution < 1.29 is 19.8 Å². The minimum absolute atomic E-state index is 0.0838. The van der Waals surface area contributed by atoms with E-state index < -0.39 is 32.3 Å². The van der Waals surface area contributed by atoms with E-state index in [1.165, 1.54) is 6.92 Å². The Balaban J connectivity index is 3.06. The molecule has 1 aromatic heterocycles. The number of aromatic nitrogens is 2. The molecule has 0 aliphatic heterocycles. The summed E-state index contributed by atoms with van der Waals surface area (Å²) in [6.45, 7) is 1.18. The molecule has 0 spiro atoms. The molecule has 0 amide bonds. The summed E-state index contributed by atoms with van der Waals surface area (Å²) in [4.78, 5) is 19.8. The van der Waals surface area contributed by atoms with E-state index >= 15 is 0 Å². The van der Waals surface area contributed by atoms with Crippen LogP contribution in [-0.2, 0) is 0 Å². The Kier molecular flexibility index (Phi) is 2.28. The summed E-state index contributed by atoms with van der Waals surface area (Å²) in [5.41, 5.74) is -2.24. The molecule has 18 heavy (non-hydrogen) atoms. The van der Waals surface area contributed by atoms with Crippen molar-refractivity contribution in [1.29, 1.82) is 0 Å². The first-order valence-electron chi connectivity index (χ1n) is 4.62. The summed E-state index contributed by atoms with van der Waals surface area (Å²) in [7, 11) is 0. The molecule has 1 heterocycles. The second-order valence-electron chi connectivity index (χ2n) is 3.47. The van der Waals surface area contributed by atoms with Crippen molar-refractivity contribution in [2.75, 3.05) is 0 Å². The van der Waals surface area contributed by atoms with Crippen LogP contribution in [0.4, 0.5) is 11.4 Å². The molecule has 0 aliphatic carbocycles. The number of non-ortho nitro benzene ring substituents is 2. The monoisotopic (exact) mass is 254 g/mol. The SMILES string of the molecule is Cc1n(O)c2c([N+](=O)[O-])ccc([N+](=O)[O-])c2[n+]1[O-]. The summed E-state index contributed by atoms with van der Waals surface area (Å²) in [6.07, 6.45) is 0. The molecule has 0 saturated carbocycles. The number of nitro groups is 2. The van der Waals surface area contributed by atoms with E-state index in [0.717, 1.165) is 12.1 Å². The maximum absolute atomic E-state index is 11.7. The van der Waals surface area contributed by atoms with Gasteiger partial charge in [0.15, 0.2) is 0 Å². The molecular weight excluding hydrogens is 248 g/mol. The molecule has 0 fully saturated rings. The van der Waals surface area contributed by atoms with Crippen LogP contribution in [0.25, 0.3) is 11.0 Å². The van der Waals surface area contributed by atoms with Gasteiger partial charge in [-0.15, -0.1) is 0 Å². The number of nitro benzene ring substituents is 2. The maximum Gasteiger partial charge on any atom is 0.324 e. The minimum Gasteiger partial charge on any atom is -0.710 e. The number of hydrogen-bond acceptors (Lipinski definition) is 6. The molecule has 2 aromatic rings. The topological polar surface area (TPSA) is 138 Å². The lowest BCUT2D eigenvalue weighted by Gasteiger charge is -1.98. The molecule has 0 aliphatic rings. The van der Waals surface area contributed by atoms with E-state index in [2.05, 4.69) is 0 Å². The van der Waals surface area contributed by atoms with Crippen LogP contribution >= 0.6 is 0 Å². The molecule has 10 nitrogen and oxygen atoms in total. The van der Waals surface area contributed by atoms with Gasteiger partial charge in [0, 0.05) is 19.1 Å². The third-order valence-corrected chi connectivity index (χ3v) is 2.52. The summed E-state index contributed by atoms with van der Waals surface area (Å²) in [5, 5.41) is 42.8. The Morgan fingerprint density at radius 2 is 1.72 bits per heavy atom. The molecule has 0 saturated heterocycles. The molecule has 0 bridgehead atoms. The van der Waals surface area contributed by atoms with Crippen LogP contribution in [0.1, 0.15) is 5.82 Å². The highest BCUT2D eigenvalue weighted by Gasteiger charge is 2.34. The summed E-state index contributed by atoms with van der Waals surface area (Å²) in [5.74, 6) is -0.303. The third kappa shape index (κ3) is 1.32. The Bertz CT molecular complexity index is 634. The lowest BCUT2D eigenvalue weighted by molar-refractivity contribution is -0.590. The fraction of sp³-hybridized carbons (Fsp3) is 0.125. The van der Waals surface area contributed by atoms with Gasteiger partial charge < -0.3 is 10.4 Å². The quantitative estimate of drug-likeness (QED) is 0.274. The van der Waals surface area contributed by atoms with Crippen LogP contribution in [0.5, 0.6) is 0 Å². The summed E-state index contributed by atoms with van der Waals surface area (Å²) >= 11 is 0. The molecule has 0 radical (unpaired) electrons. The molecule has 0 unspecified atom stereocenters. The van der Waals surface area contributed by atoms with Gasteiger partial charge in [0.2, 0.25) is 0 Å². The van der Waals surface area contributed by atoms with Crippen molar-refractivity contribution in [3.63, 3.8) is 0 Å². The second kappa shape index (κ2) is 3.55. The zero-order valence-electron chi connectivity index (χ0n) is 8.93. The standard InChI is InChI=1S/C8H6N4O6/c1-4-9(13)7-5(11(15)16)2-3-6(12(17)18)8(7)10(4)14/h2-3,13H,1H3. The van der Waals surface area contributed by atoms with Crippen molar-refractivity contribution in [3.8, 4) is 0 Å². The van der Waals surface area contributed by atoms with E-state index in [1.54, 1.807) is 0 Å². The van der Waals surface area contributed by atoms with E-state index in [9.17, 15) is 30.6 Å². The Morgan fingerprint density at radius 1 is 1.22 bits per heavy atom. The summed E-state index contributed by atoms with van der Waals surface area (Å²) in [6, 6.07) is 1.72. The Morgan fingerprint density at radius 3 is 2.22 bits per heavy atom. The fourth-order valence-electron chi connectivity index (χ4n) is 1.67. The number of hydrogen-bond donors (Lipinski definition) is 1. The zero-order chi connectivity index (χ0) is 13.6. The van der Waals surface area contributed by atoms with Crippen molar-refractivity contribution in [1.82, 2.24) is 4.73 Å². The van der Waals surface area contributed by atoms with Crippen LogP contribution in [0, 0.1) is 32.4 Å². The first kappa shape index (κ1) is 11.6. The fourth-order valence-corrected chi connectivity index (χ4v) is 1.67. The van der Waals surface area contributed by atoms with Crippen molar-refractivity contribution in [2.45, 2.75) is 6.92 Å². The lowest BCUT2D eigenvalue weighted by atomic mass is 10.2. The van der Waals surface area contributed by atoms with Crippen molar-refractivity contribution in [2.24, 2.45) is 0 Å². The highest BCUT2D eigenvalue weighted by molar-refractivity contribution is 5.89. The molecule has 2 rings (SSSR count). The number of benzene rings is 1. The van der Waals surface area contributed by atoms with Gasteiger partial charge in [-0.05, 0) is 4.73 Å².